The molecular formula is C32H40O11. The number of benzene rings is 1. The number of carbonyl (C=O) groups excluding carboxylic acids is 3. The molecule has 0 unspecified atom stereocenters. The number of hydrogen-bond acceptors (Lipinski definition) is 11. The van der Waals surface area contributed by atoms with Crippen molar-refractivity contribution in [3.05, 3.63) is 47.6 Å². The molecule has 0 amide bonds. The Labute approximate surface area is 250 Å². The summed E-state index contributed by atoms with van der Waals surface area (Å²) in [4.78, 5) is 38.6. The Morgan fingerprint density at radius 3 is 2.33 bits per heavy atom. The second kappa shape index (κ2) is 10.8. The Kier molecular flexibility index (Phi) is 7.88. The summed E-state index contributed by atoms with van der Waals surface area (Å²) in [6.45, 7) is 7.59. The summed E-state index contributed by atoms with van der Waals surface area (Å²) >= 11 is 0. The SMILES string of the molecule is CC(=O)O[C@H]1[C@H](O[C@@]23C=C(C)C4(CC4)[C@](C)(O)[C@H]2C(=O)C(C)(C)C3)O[C@H](CO)[C@@H](OC(=O)/C=C/c2ccc(O)cc2)[C@@H]1O. The van der Waals surface area contributed by atoms with E-state index in [0.29, 0.717) is 5.56 Å². The number of phenolic OH excluding ortho intramolecular Hbond substituents is 1. The number of fused-ring (bicyclic) bond motifs is 1. The molecule has 43 heavy (non-hydrogen) atoms. The van der Waals surface area contributed by atoms with E-state index < -0.39 is 77.2 Å². The van der Waals surface area contributed by atoms with Crippen molar-refractivity contribution in [3.8, 4) is 5.75 Å². The third-order valence-corrected chi connectivity index (χ3v) is 9.62. The summed E-state index contributed by atoms with van der Waals surface area (Å²) in [5.74, 6) is -2.70. The molecule has 0 aromatic heterocycles. The van der Waals surface area contributed by atoms with Gasteiger partial charge in [0.1, 0.15) is 29.3 Å². The van der Waals surface area contributed by atoms with Crippen LogP contribution in [0.4, 0.5) is 0 Å². The lowest BCUT2D eigenvalue weighted by atomic mass is 9.61. The third kappa shape index (κ3) is 5.31. The predicted octanol–water partition coefficient (Wildman–Crippen LogP) is 2.19. The highest BCUT2D eigenvalue weighted by atomic mass is 16.7. The molecule has 0 radical (unpaired) electrons. The number of ketones is 1. The maximum absolute atomic E-state index is 13.8. The van der Waals surface area contributed by atoms with E-state index in [1.807, 2.05) is 13.0 Å². The van der Waals surface area contributed by atoms with Crippen LogP contribution in [0, 0.1) is 16.7 Å². The molecule has 1 saturated heterocycles. The Balaban J connectivity index is 1.44. The number of aromatic hydroxyl groups is 1. The number of aliphatic hydroxyl groups is 3. The zero-order valence-electron chi connectivity index (χ0n) is 25.0. The number of esters is 2. The van der Waals surface area contributed by atoms with Gasteiger partial charge in [-0.3, -0.25) is 9.59 Å². The summed E-state index contributed by atoms with van der Waals surface area (Å²) in [5, 5.41) is 42.9. The van der Waals surface area contributed by atoms with E-state index in [1.54, 1.807) is 32.9 Å². The maximum Gasteiger partial charge on any atom is 0.331 e. The largest absolute Gasteiger partial charge is 0.508 e. The number of Topliss-reactive ketones (excluding diaryl/α,β-unsaturated/α-hetero) is 1. The number of carbonyl (C=O) groups is 3. The molecule has 0 bridgehead atoms. The third-order valence-electron chi connectivity index (χ3n) is 9.62. The van der Waals surface area contributed by atoms with Crippen LogP contribution in [-0.2, 0) is 33.3 Å². The van der Waals surface area contributed by atoms with Gasteiger partial charge in [-0.05, 0) is 56.9 Å². The van der Waals surface area contributed by atoms with Crippen molar-refractivity contribution in [1.82, 2.24) is 0 Å². The van der Waals surface area contributed by atoms with Crippen molar-refractivity contribution in [1.29, 1.82) is 0 Å². The fraction of sp³-hybridized carbons (Fsp3) is 0.594. The Bertz CT molecular complexity index is 1340. The molecule has 2 saturated carbocycles. The standard InChI is InChI=1S/C32H40O11/c1-17-14-32(16-29(3,4)27(38)26(32)30(5,39)31(17)12-13-31)43-28-25(40-18(2)34)23(37)24(21(15-33)41-28)42-22(36)11-8-19-6-9-20(35)10-7-19/h6-11,14,21,23-26,28,33,35,37,39H,12-13,15-16H2,1-5H3/b11-8+/t21-,23+,24-,25-,26-,28+,30-,32-/m1/s1. The van der Waals surface area contributed by atoms with E-state index in [9.17, 15) is 34.8 Å². The zero-order chi connectivity index (χ0) is 31.5. The van der Waals surface area contributed by atoms with Crippen LogP contribution in [0.3, 0.4) is 0 Å². The minimum Gasteiger partial charge on any atom is -0.508 e. The molecule has 11 heteroatoms. The second-order valence-corrected chi connectivity index (χ2v) is 13.1. The van der Waals surface area contributed by atoms with Gasteiger partial charge in [-0.15, -0.1) is 0 Å². The maximum atomic E-state index is 13.8. The van der Waals surface area contributed by atoms with Crippen molar-refractivity contribution >= 4 is 23.8 Å². The topological polar surface area (TPSA) is 169 Å². The van der Waals surface area contributed by atoms with Crippen molar-refractivity contribution in [2.45, 2.75) is 95.8 Å². The van der Waals surface area contributed by atoms with Crippen LogP contribution in [0.2, 0.25) is 0 Å². The number of phenols is 1. The van der Waals surface area contributed by atoms with Crippen molar-refractivity contribution in [2.24, 2.45) is 16.7 Å². The minimum absolute atomic E-state index is 0.0622. The molecule has 1 spiro atoms. The summed E-state index contributed by atoms with van der Waals surface area (Å²) in [7, 11) is 0. The molecule has 1 aromatic carbocycles. The predicted molar refractivity (Wildman–Crippen MR) is 151 cm³/mol. The quantitative estimate of drug-likeness (QED) is 0.206. The highest BCUT2D eigenvalue weighted by molar-refractivity contribution is 5.92. The van der Waals surface area contributed by atoms with E-state index in [0.717, 1.165) is 31.4 Å². The van der Waals surface area contributed by atoms with Gasteiger partial charge >= 0.3 is 11.9 Å². The first kappa shape index (κ1) is 31.3. The van der Waals surface area contributed by atoms with Crippen LogP contribution < -0.4 is 0 Å². The van der Waals surface area contributed by atoms with E-state index in [-0.39, 0.29) is 18.0 Å². The highest BCUT2D eigenvalue weighted by Gasteiger charge is 2.74. The van der Waals surface area contributed by atoms with Gasteiger partial charge in [0.25, 0.3) is 0 Å². The molecule has 1 aromatic rings. The fourth-order valence-corrected chi connectivity index (χ4v) is 7.45. The smallest absolute Gasteiger partial charge is 0.331 e. The van der Waals surface area contributed by atoms with Gasteiger partial charge in [0.05, 0.1) is 18.1 Å². The number of hydrogen-bond donors (Lipinski definition) is 4. The zero-order valence-corrected chi connectivity index (χ0v) is 25.0. The average molecular weight is 601 g/mol. The summed E-state index contributed by atoms with van der Waals surface area (Å²) < 4.78 is 23.5. The Hall–Kier alpha value is -3.09. The fourth-order valence-electron chi connectivity index (χ4n) is 7.45. The van der Waals surface area contributed by atoms with Crippen molar-refractivity contribution < 1.29 is 53.8 Å². The van der Waals surface area contributed by atoms with Crippen LogP contribution in [0.1, 0.15) is 59.4 Å². The van der Waals surface area contributed by atoms with E-state index in [1.165, 1.54) is 18.2 Å². The van der Waals surface area contributed by atoms with Crippen LogP contribution in [0.25, 0.3) is 6.08 Å². The number of aliphatic hydroxyl groups excluding tert-OH is 2. The van der Waals surface area contributed by atoms with Gasteiger partial charge in [-0.1, -0.05) is 37.6 Å². The average Bonchev–Trinajstić information content (AvgIpc) is 3.70. The molecule has 4 N–H and O–H groups in total. The van der Waals surface area contributed by atoms with Crippen molar-refractivity contribution in [2.75, 3.05) is 6.61 Å². The molecule has 8 atom stereocenters. The van der Waals surface area contributed by atoms with Crippen LogP contribution in [-0.4, -0.2) is 86.7 Å². The van der Waals surface area contributed by atoms with Gasteiger partial charge in [0, 0.05) is 23.8 Å². The minimum atomic E-state index is -1.67. The molecule has 4 aliphatic rings. The molecular weight excluding hydrogens is 560 g/mol. The molecule has 11 nitrogen and oxygen atoms in total. The van der Waals surface area contributed by atoms with Gasteiger partial charge in [-0.25, -0.2) is 4.79 Å². The number of ether oxygens (including phenoxy) is 4. The van der Waals surface area contributed by atoms with Gasteiger partial charge in [0.15, 0.2) is 18.5 Å². The van der Waals surface area contributed by atoms with Gasteiger partial charge in [0.2, 0.25) is 0 Å². The summed E-state index contributed by atoms with van der Waals surface area (Å²) in [5.41, 5.74) is -2.72. The van der Waals surface area contributed by atoms with E-state index >= 15 is 0 Å². The first-order chi connectivity index (χ1) is 20.1. The van der Waals surface area contributed by atoms with Crippen LogP contribution in [0.5, 0.6) is 5.75 Å². The van der Waals surface area contributed by atoms with Crippen molar-refractivity contribution in [3.63, 3.8) is 0 Å². The van der Waals surface area contributed by atoms with Gasteiger partial charge < -0.3 is 39.4 Å². The molecule has 1 heterocycles. The van der Waals surface area contributed by atoms with Gasteiger partial charge in [-0.2, -0.15) is 0 Å². The Morgan fingerprint density at radius 2 is 1.74 bits per heavy atom. The molecule has 1 aliphatic heterocycles. The van der Waals surface area contributed by atoms with E-state index in [2.05, 4.69) is 0 Å². The first-order valence-electron chi connectivity index (χ1n) is 14.5. The summed E-state index contributed by atoms with van der Waals surface area (Å²) in [6.07, 6.45) is -1.28. The van der Waals surface area contributed by atoms with Crippen LogP contribution >= 0.6 is 0 Å². The first-order valence-corrected chi connectivity index (χ1v) is 14.5. The second-order valence-electron chi connectivity index (χ2n) is 13.1. The lowest BCUT2D eigenvalue weighted by molar-refractivity contribution is -0.332. The molecule has 3 fully saturated rings. The van der Waals surface area contributed by atoms with Crippen LogP contribution in [0.15, 0.2) is 42.0 Å². The summed E-state index contributed by atoms with van der Waals surface area (Å²) in [6, 6.07) is 6.06. The Morgan fingerprint density at radius 1 is 1.09 bits per heavy atom. The monoisotopic (exact) mass is 600 g/mol. The normalized spacial score (nSPS) is 37.6. The molecule has 5 rings (SSSR count). The highest BCUT2D eigenvalue weighted by Crippen LogP contribution is 2.69. The lowest BCUT2D eigenvalue weighted by Gasteiger charge is -2.52. The molecule has 234 valence electrons. The lowest BCUT2D eigenvalue weighted by Crippen LogP contribution is -2.65. The molecule has 3 aliphatic carbocycles. The van der Waals surface area contributed by atoms with E-state index in [4.69, 9.17) is 18.9 Å². The number of rotatable bonds is 7.